The fourth-order valence-electron chi connectivity index (χ4n) is 0.999. The first-order valence-electron chi connectivity index (χ1n) is 4.77. The Balaban J connectivity index is 3.36. The van der Waals surface area contributed by atoms with Crippen molar-refractivity contribution in [3.63, 3.8) is 0 Å². The number of carbonyl (C=O) groups excluding carboxylic acids is 1. The third kappa shape index (κ3) is 6.54. The zero-order valence-corrected chi connectivity index (χ0v) is 8.84. The number of carbonyl (C=O) groups is 1. The van der Waals surface area contributed by atoms with Crippen LogP contribution in [0.25, 0.3) is 0 Å². The summed E-state index contributed by atoms with van der Waals surface area (Å²) in [7, 11) is 2.08. The summed E-state index contributed by atoms with van der Waals surface area (Å²) in [4.78, 5) is 12.6. The van der Waals surface area contributed by atoms with Crippen LogP contribution in [0.1, 0.15) is 20.3 Å². The van der Waals surface area contributed by atoms with Gasteiger partial charge in [0.15, 0.2) is 0 Å². The molecule has 0 fully saturated rings. The molecule has 0 heterocycles. The zero-order valence-electron chi connectivity index (χ0n) is 8.84. The standard InChI is InChI=1S/C9H21N3O/c1-4-8(2)12(3)6-5-11-7-9(10)13/h8,11H,4-7H2,1-3H3,(H2,10,13). The van der Waals surface area contributed by atoms with Crippen molar-refractivity contribution in [2.45, 2.75) is 26.3 Å². The van der Waals surface area contributed by atoms with E-state index in [4.69, 9.17) is 5.73 Å². The SMILES string of the molecule is CCC(C)N(C)CCNCC(N)=O. The molecule has 0 aromatic rings. The van der Waals surface area contributed by atoms with E-state index in [0.29, 0.717) is 6.04 Å². The summed E-state index contributed by atoms with van der Waals surface area (Å²) in [6.07, 6.45) is 1.15. The molecule has 0 bridgehead atoms. The summed E-state index contributed by atoms with van der Waals surface area (Å²) >= 11 is 0. The molecule has 0 aromatic carbocycles. The fourth-order valence-corrected chi connectivity index (χ4v) is 0.999. The van der Waals surface area contributed by atoms with Crippen molar-refractivity contribution in [3.8, 4) is 0 Å². The van der Waals surface area contributed by atoms with E-state index < -0.39 is 0 Å². The van der Waals surface area contributed by atoms with Gasteiger partial charge in [0.05, 0.1) is 6.54 Å². The van der Waals surface area contributed by atoms with Gasteiger partial charge in [0.1, 0.15) is 0 Å². The Hall–Kier alpha value is -0.610. The van der Waals surface area contributed by atoms with Crippen LogP contribution in [-0.2, 0) is 4.79 Å². The van der Waals surface area contributed by atoms with Crippen molar-refractivity contribution >= 4 is 5.91 Å². The molecule has 0 radical (unpaired) electrons. The van der Waals surface area contributed by atoms with Gasteiger partial charge in [0.2, 0.25) is 5.91 Å². The van der Waals surface area contributed by atoms with Crippen molar-refractivity contribution in [1.82, 2.24) is 10.2 Å². The van der Waals surface area contributed by atoms with Crippen LogP contribution in [0.2, 0.25) is 0 Å². The van der Waals surface area contributed by atoms with Gasteiger partial charge < -0.3 is 16.0 Å². The van der Waals surface area contributed by atoms with E-state index in [1.165, 1.54) is 0 Å². The second kappa shape index (κ2) is 6.86. The summed E-state index contributed by atoms with van der Waals surface area (Å²) in [5.74, 6) is -0.300. The van der Waals surface area contributed by atoms with Crippen LogP contribution in [-0.4, -0.2) is 43.5 Å². The van der Waals surface area contributed by atoms with Gasteiger partial charge in [-0.3, -0.25) is 4.79 Å². The third-order valence-electron chi connectivity index (χ3n) is 2.28. The molecule has 0 aliphatic carbocycles. The largest absolute Gasteiger partial charge is 0.369 e. The minimum absolute atomic E-state index is 0.272. The number of hydrogen-bond donors (Lipinski definition) is 2. The molecule has 0 saturated heterocycles. The minimum atomic E-state index is -0.300. The predicted molar refractivity (Wildman–Crippen MR) is 54.4 cm³/mol. The number of nitrogens with one attached hydrogen (secondary N) is 1. The number of amides is 1. The normalized spacial score (nSPS) is 13.2. The van der Waals surface area contributed by atoms with Crippen molar-refractivity contribution in [2.75, 3.05) is 26.7 Å². The summed E-state index contributed by atoms with van der Waals surface area (Å²) in [6.45, 7) is 6.38. The molecule has 0 aliphatic heterocycles. The summed E-state index contributed by atoms with van der Waals surface area (Å²) in [6, 6.07) is 0.593. The number of nitrogens with zero attached hydrogens (tertiary/aromatic N) is 1. The number of nitrogens with two attached hydrogens (primary N) is 1. The van der Waals surface area contributed by atoms with Crippen LogP contribution in [0.5, 0.6) is 0 Å². The van der Waals surface area contributed by atoms with E-state index in [-0.39, 0.29) is 12.5 Å². The van der Waals surface area contributed by atoms with Gasteiger partial charge in [-0.2, -0.15) is 0 Å². The third-order valence-corrected chi connectivity index (χ3v) is 2.28. The van der Waals surface area contributed by atoms with Gasteiger partial charge in [0, 0.05) is 19.1 Å². The second-order valence-electron chi connectivity index (χ2n) is 3.38. The highest BCUT2D eigenvalue weighted by Gasteiger charge is 2.05. The quantitative estimate of drug-likeness (QED) is 0.542. The van der Waals surface area contributed by atoms with Crippen molar-refractivity contribution in [3.05, 3.63) is 0 Å². The molecule has 0 spiro atoms. The average molecular weight is 187 g/mol. The Morgan fingerprint density at radius 3 is 2.69 bits per heavy atom. The van der Waals surface area contributed by atoms with Gasteiger partial charge in [-0.1, -0.05) is 6.92 Å². The van der Waals surface area contributed by atoms with E-state index in [1.807, 2.05) is 0 Å². The molecule has 1 amide bonds. The topological polar surface area (TPSA) is 58.4 Å². The Bertz CT molecular complexity index is 150. The highest BCUT2D eigenvalue weighted by molar-refractivity contribution is 5.75. The lowest BCUT2D eigenvalue weighted by molar-refractivity contribution is -0.117. The molecule has 78 valence electrons. The smallest absolute Gasteiger partial charge is 0.231 e. The highest BCUT2D eigenvalue weighted by Crippen LogP contribution is 1.97. The maximum atomic E-state index is 10.4. The van der Waals surface area contributed by atoms with Crippen molar-refractivity contribution < 1.29 is 4.79 Å². The van der Waals surface area contributed by atoms with Crippen LogP contribution in [0, 0.1) is 0 Å². The van der Waals surface area contributed by atoms with Crippen LogP contribution >= 0.6 is 0 Å². The molecule has 0 aliphatic rings. The maximum absolute atomic E-state index is 10.4. The molecule has 13 heavy (non-hydrogen) atoms. The van der Waals surface area contributed by atoms with E-state index in [9.17, 15) is 4.79 Å². The molecule has 0 aromatic heterocycles. The van der Waals surface area contributed by atoms with Gasteiger partial charge in [-0.05, 0) is 20.4 Å². The summed E-state index contributed by atoms with van der Waals surface area (Å²) in [5.41, 5.74) is 4.98. The molecule has 4 nitrogen and oxygen atoms in total. The number of hydrogen-bond acceptors (Lipinski definition) is 3. The lowest BCUT2D eigenvalue weighted by atomic mass is 10.2. The zero-order chi connectivity index (χ0) is 10.3. The van der Waals surface area contributed by atoms with Gasteiger partial charge in [0.25, 0.3) is 0 Å². The van der Waals surface area contributed by atoms with Gasteiger partial charge in [-0.15, -0.1) is 0 Å². The molecule has 0 saturated carbocycles. The van der Waals surface area contributed by atoms with E-state index in [1.54, 1.807) is 0 Å². The monoisotopic (exact) mass is 187 g/mol. The van der Waals surface area contributed by atoms with Crippen LogP contribution in [0.4, 0.5) is 0 Å². The Labute approximate surface area is 80.5 Å². The lowest BCUT2D eigenvalue weighted by Crippen LogP contribution is -2.37. The first kappa shape index (κ1) is 12.4. The van der Waals surface area contributed by atoms with Gasteiger partial charge >= 0.3 is 0 Å². The maximum Gasteiger partial charge on any atom is 0.231 e. The van der Waals surface area contributed by atoms with E-state index in [0.717, 1.165) is 19.5 Å². The lowest BCUT2D eigenvalue weighted by Gasteiger charge is -2.23. The van der Waals surface area contributed by atoms with Crippen LogP contribution in [0.15, 0.2) is 0 Å². The molecule has 3 N–H and O–H groups in total. The molecular weight excluding hydrogens is 166 g/mol. The Morgan fingerprint density at radius 1 is 1.62 bits per heavy atom. The molecule has 1 atom stereocenters. The fraction of sp³-hybridized carbons (Fsp3) is 0.889. The molecule has 1 unspecified atom stereocenters. The number of likely N-dealkylation sites (N-methyl/N-ethyl adjacent to an activating group) is 1. The van der Waals surface area contributed by atoms with Crippen LogP contribution < -0.4 is 11.1 Å². The number of rotatable bonds is 7. The van der Waals surface area contributed by atoms with Gasteiger partial charge in [-0.25, -0.2) is 0 Å². The number of primary amides is 1. The second-order valence-corrected chi connectivity index (χ2v) is 3.38. The molecule has 4 heteroatoms. The summed E-state index contributed by atoms with van der Waals surface area (Å²) < 4.78 is 0. The van der Waals surface area contributed by atoms with Crippen molar-refractivity contribution in [2.24, 2.45) is 5.73 Å². The first-order chi connectivity index (χ1) is 6.07. The highest BCUT2D eigenvalue weighted by atomic mass is 16.1. The Morgan fingerprint density at radius 2 is 2.23 bits per heavy atom. The molecule has 0 rings (SSSR count). The summed E-state index contributed by atoms with van der Waals surface area (Å²) in [5, 5.41) is 2.98. The minimum Gasteiger partial charge on any atom is -0.369 e. The first-order valence-corrected chi connectivity index (χ1v) is 4.77. The Kier molecular flexibility index (Phi) is 6.54. The van der Waals surface area contributed by atoms with Crippen LogP contribution in [0.3, 0.4) is 0 Å². The average Bonchev–Trinajstić information content (AvgIpc) is 2.10. The molecular formula is C9H21N3O. The van der Waals surface area contributed by atoms with E-state index >= 15 is 0 Å². The van der Waals surface area contributed by atoms with Crippen molar-refractivity contribution in [1.29, 1.82) is 0 Å². The predicted octanol–water partition coefficient (Wildman–Crippen LogP) is -0.208. The van der Waals surface area contributed by atoms with E-state index in [2.05, 4.69) is 31.1 Å².